The molecule has 0 aromatic rings. The second kappa shape index (κ2) is 2.74. The average molecular weight is 179 g/mol. The quantitative estimate of drug-likeness (QED) is 0.575. The number of likely N-dealkylation sites (tertiary alicyclic amines) is 1. The van der Waals surface area contributed by atoms with Crippen molar-refractivity contribution in [3.8, 4) is 11.8 Å². The van der Waals surface area contributed by atoms with Gasteiger partial charge in [0.25, 0.3) is 5.91 Å². The van der Waals surface area contributed by atoms with Crippen molar-refractivity contribution in [1.82, 2.24) is 4.90 Å². The number of rotatable bonds is 1. The van der Waals surface area contributed by atoms with E-state index in [1.165, 1.54) is 0 Å². The molecule has 1 saturated heterocycles. The van der Waals surface area contributed by atoms with Gasteiger partial charge in [0, 0.05) is 0 Å². The van der Waals surface area contributed by atoms with E-state index in [0.29, 0.717) is 19.0 Å². The van der Waals surface area contributed by atoms with E-state index in [4.69, 9.17) is 0 Å². The lowest BCUT2D eigenvalue weighted by Crippen LogP contribution is -2.64. The number of hydrogen-bond donors (Lipinski definition) is 1. The van der Waals surface area contributed by atoms with Gasteiger partial charge < -0.3 is 10.0 Å². The molecular weight excluding hydrogens is 166 g/mol. The summed E-state index contributed by atoms with van der Waals surface area (Å²) in [6.45, 7) is 2.60. The Hall–Kier alpha value is -1.01. The summed E-state index contributed by atoms with van der Waals surface area (Å²) < 4.78 is 0. The first-order chi connectivity index (χ1) is 6.15. The van der Waals surface area contributed by atoms with E-state index >= 15 is 0 Å². The minimum atomic E-state index is -0.578. The summed E-state index contributed by atoms with van der Waals surface area (Å²) in [4.78, 5) is 12.8. The van der Waals surface area contributed by atoms with Crippen LogP contribution in [0.3, 0.4) is 0 Å². The second-order valence-corrected chi connectivity index (χ2v) is 3.91. The summed E-state index contributed by atoms with van der Waals surface area (Å²) in [6.07, 6.45) is 2.22. The Morgan fingerprint density at radius 1 is 1.54 bits per heavy atom. The van der Waals surface area contributed by atoms with Crippen molar-refractivity contribution in [2.45, 2.75) is 25.4 Å². The van der Waals surface area contributed by atoms with E-state index in [1.807, 2.05) is 0 Å². The van der Waals surface area contributed by atoms with E-state index in [2.05, 4.69) is 11.8 Å². The predicted molar refractivity (Wildman–Crippen MR) is 47.7 cm³/mol. The number of carbonyl (C=O) groups is 1. The molecule has 3 heteroatoms. The third-order valence-electron chi connectivity index (χ3n) is 2.79. The second-order valence-electron chi connectivity index (χ2n) is 3.91. The van der Waals surface area contributed by atoms with Crippen LogP contribution in [0, 0.1) is 17.8 Å². The highest BCUT2D eigenvalue weighted by Gasteiger charge is 2.53. The summed E-state index contributed by atoms with van der Waals surface area (Å²) >= 11 is 0. The first-order valence-electron chi connectivity index (χ1n) is 4.60. The third kappa shape index (κ3) is 1.42. The zero-order valence-electron chi connectivity index (χ0n) is 7.71. The smallest absolute Gasteiger partial charge is 0.298 e. The standard InChI is InChI=1S/C10H13NO2/c1-2-3-9(12)11-6-10(13,7-11)8-4-5-8/h8,13H,4-7H2,1H3. The molecule has 13 heavy (non-hydrogen) atoms. The molecule has 1 N–H and O–H groups in total. The minimum Gasteiger partial charge on any atom is -0.386 e. The van der Waals surface area contributed by atoms with Gasteiger partial charge in [0.15, 0.2) is 0 Å². The Kier molecular flexibility index (Phi) is 1.81. The molecule has 3 nitrogen and oxygen atoms in total. The fourth-order valence-electron chi connectivity index (χ4n) is 1.82. The van der Waals surface area contributed by atoms with Gasteiger partial charge in [-0.2, -0.15) is 0 Å². The molecule has 0 atom stereocenters. The Labute approximate surface area is 77.7 Å². The van der Waals surface area contributed by atoms with Gasteiger partial charge in [0.2, 0.25) is 0 Å². The highest BCUT2D eigenvalue weighted by Crippen LogP contribution is 2.44. The van der Waals surface area contributed by atoms with E-state index in [-0.39, 0.29) is 5.91 Å². The Morgan fingerprint density at radius 3 is 2.62 bits per heavy atom. The van der Waals surface area contributed by atoms with Crippen LogP contribution < -0.4 is 0 Å². The molecule has 1 saturated carbocycles. The van der Waals surface area contributed by atoms with Crippen LogP contribution in [0.5, 0.6) is 0 Å². The van der Waals surface area contributed by atoms with Gasteiger partial charge in [-0.15, -0.1) is 0 Å². The molecule has 70 valence electrons. The maximum Gasteiger partial charge on any atom is 0.298 e. The number of amides is 1. The molecule has 2 rings (SSSR count). The van der Waals surface area contributed by atoms with Crippen molar-refractivity contribution in [3.63, 3.8) is 0 Å². The number of aliphatic hydroxyl groups is 1. The fourth-order valence-corrected chi connectivity index (χ4v) is 1.82. The molecule has 1 aliphatic carbocycles. The van der Waals surface area contributed by atoms with E-state index in [9.17, 15) is 9.90 Å². The summed E-state index contributed by atoms with van der Waals surface area (Å²) in [7, 11) is 0. The molecule has 0 unspecified atom stereocenters. The zero-order valence-corrected chi connectivity index (χ0v) is 7.71. The first kappa shape index (κ1) is 8.58. The normalized spacial score (nSPS) is 24.3. The molecule has 1 heterocycles. The van der Waals surface area contributed by atoms with Gasteiger partial charge >= 0.3 is 0 Å². The van der Waals surface area contributed by atoms with Crippen LogP contribution in [0.2, 0.25) is 0 Å². The molecule has 2 fully saturated rings. The van der Waals surface area contributed by atoms with E-state index in [0.717, 1.165) is 12.8 Å². The highest BCUT2D eigenvalue weighted by atomic mass is 16.3. The number of carbonyl (C=O) groups excluding carboxylic acids is 1. The maximum absolute atomic E-state index is 11.2. The Bertz CT molecular complexity index is 290. The van der Waals surface area contributed by atoms with Crippen molar-refractivity contribution in [2.75, 3.05) is 13.1 Å². The van der Waals surface area contributed by atoms with Gasteiger partial charge in [-0.3, -0.25) is 4.79 Å². The molecule has 0 radical (unpaired) electrons. The molecule has 1 aliphatic heterocycles. The fraction of sp³-hybridized carbons (Fsp3) is 0.700. The van der Waals surface area contributed by atoms with Gasteiger partial charge in [-0.05, 0) is 31.6 Å². The number of nitrogens with zero attached hydrogens (tertiary/aromatic N) is 1. The number of β-amino-alcohol motifs (C(OH)–C–C–N with tert-alkyl or cyclic N) is 1. The van der Waals surface area contributed by atoms with Gasteiger partial charge in [0.05, 0.1) is 13.1 Å². The van der Waals surface area contributed by atoms with Crippen LogP contribution in [0.1, 0.15) is 19.8 Å². The van der Waals surface area contributed by atoms with Gasteiger partial charge in [-0.1, -0.05) is 5.92 Å². The SMILES string of the molecule is CC#CC(=O)N1CC(O)(C2CC2)C1. The van der Waals surface area contributed by atoms with Crippen molar-refractivity contribution in [2.24, 2.45) is 5.92 Å². The highest BCUT2D eigenvalue weighted by molar-refractivity contribution is 5.94. The lowest BCUT2D eigenvalue weighted by molar-refractivity contribution is -0.153. The maximum atomic E-state index is 11.2. The Morgan fingerprint density at radius 2 is 2.15 bits per heavy atom. The van der Waals surface area contributed by atoms with Crippen LogP contribution in [-0.4, -0.2) is 34.6 Å². The van der Waals surface area contributed by atoms with Gasteiger partial charge in [0.1, 0.15) is 5.60 Å². The zero-order chi connectivity index (χ0) is 9.47. The monoisotopic (exact) mass is 179 g/mol. The summed E-state index contributed by atoms with van der Waals surface area (Å²) in [5.74, 6) is 5.31. The summed E-state index contributed by atoms with van der Waals surface area (Å²) in [5, 5.41) is 9.90. The molecule has 1 amide bonds. The van der Waals surface area contributed by atoms with Crippen molar-refractivity contribution in [3.05, 3.63) is 0 Å². The third-order valence-corrected chi connectivity index (χ3v) is 2.79. The van der Waals surface area contributed by atoms with Crippen LogP contribution in [0.25, 0.3) is 0 Å². The van der Waals surface area contributed by atoms with Crippen LogP contribution in [0.4, 0.5) is 0 Å². The lowest BCUT2D eigenvalue weighted by Gasteiger charge is -2.46. The van der Waals surface area contributed by atoms with Crippen molar-refractivity contribution in [1.29, 1.82) is 0 Å². The molecule has 0 aromatic heterocycles. The summed E-state index contributed by atoms with van der Waals surface area (Å²) in [6, 6.07) is 0. The molecular formula is C10H13NO2. The van der Waals surface area contributed by atoms with Gasteiger partial charge in [-0.25, -0.2) is 0 Å². The number of hydrogen-bond acceptors (Lipinski definition) is 2. The molecule has 0 bridgehead atoms. The van der Waals surface area contributed by atoms with Crippen molar-refractivity contribution >= 4 is 5.91 Å². The topological polar surface area (TPSA) is 40.5 Å². The van der Waals surface area contributed by atoms with Crippen LogP contribution >= 0.6 is 0 Å². The average Bonchev–Trinajstić information content (AvgIpc) is 2.81. The van der Waals surface area contributed by atoms with Crippen molar-refractivity contribution < 1.29 is 9.90 Å². The first-order valence-corrected chi connectivity index (χ1v) is 4.60. The lowest BCUT2D eigenvalue weighted by atomic mass is 9.89. The predicted octanol–water partition coefficient (Wildman–Crippen LogP) is -0.00700. The largest absolute Gasteiger partial charge is 0.386 e. The van der Waals surface area contributed by atoms with Crippen LogP contribution in [0.15, 0.2) is 0 Å². The van der Waals surface area contributed by atoms with E-state index < -0.39 is 5.60 Å². The minimum absolute atomic E-state index is 0.159. The Balaban J connectivity index is 1.88. The van der Waals surface area contributed by atoms with E-state index in [1.54, 1.807) is 11.8 Å². The molecule has 2 aliphatic rings. The van der Waals surface area contributed by atoms with Crippen LogP contribution in [-0.2, 0) is 4.79 Å². The summed E-state index contributed by atoms with van der Waals surface area (Å²) in [5.41, 5.74) is -0.578. The molecule has 0 spiro atoms. The molecule has 0 aromatic carbocycles.